The fraction of sp³-hybridized carbons (Fsp3) is 0.280. The number of aryl methyl sites for hydroxylation is 6. The van der Waals surface area contributed by atoms with E-state index < -0.39 is 114 Å². The van der Waals surface area contributed by atoms with E-state index in [0.717, 1.165) is 33.4 Å². The molecule has 0 atom stereocenters. The lowest BCUT2D eigenvalue weighted by Gasteiger charge is -2.25. The molecule has 0 aliphatic rings. The summed E-state index contributed by atoms with van der Waals surface area (Å²) in [4.78, 5) is -0.495. The predicted octanol–water partition coefficient (Wildman–Crippen LogP) is 7.65. The van der Waals surface area contributed by atoms with Crippen LogP contribution in [0.3, 0.4) is 0 Å². The van der Waals surface area contributed by atoms with Gasteiger partial charge in [0.2, 0.25) is 0 Å². The Bertz CT molecular complexity index is 2990. The van der Waals surface area contributed by atoms with E-state index in [2.05, 4.69) is 0 Å². The third kappa shape index (κ3) is 18.1. The van der Waals surface area contributed by atoms with Crippen molar-refractivity contribution in [1.82, 2.24) is 0 Å². The Hall–Kier alpha value is -4.79. The molecule has 0 fully saturated rings. The minimum absolute atomic E-state index is 0.0826. The Morgan fingerprint density at radius 2 is 0.342 bits per heavy atom. The summed E-state index contributed by atoms with van der Waals surface area (Å²) in [6.45, 7) is 13.9. The van der Waals surface area contributed by atoms with Crippen molar-refractivity contribution in [2.75, 3.05) is 37.4 Å². The molecule has 0 amide bonds. The molecule has 412 valence electrons. The zero-order valence-corrected chi connectivity index (χ0v) is 49.8. The van der Waals surface area contributed by atoms with Crippen molar-refractivity contribution in [3.63, 3.8) is 0 Å². The van der Waals surface area contributed by atoms with E-state index in [4.69, 9.17) is 25.1 Å². The van der Waals surface area contributed by atoms with E-state index >= 15 is 0 Å². The summed E-state index contributed by atoms with van der Waals surface area (Å²) in [7, 11) is -31.9. The van der Waals surface area contributed by atoms with E-state index in [1.54, 1.807) is 127 Å². The summed E-state index contributed by atoms with van der Waals surface area (Å²) in [6, 6.07) is 36.0. The van der Waals surface area contributed by atoms with Crippen LogP contribution in [0.25, 0.3) is 0 Å². The quantitative estimate of drug-likeness (QED) is 0.0416. The molecule has 6 aromatic carbocycles. The first-order valence-electron chi connectivity index (χ1n) is 23.0. The predicted molar refractivity (Wildman–Crippen MR) is 289 cm³/mol. The van der Waals surface area contributed by atoms with E-state index in [1.165, 1.54) is 72.8 Å². The summed E-state index contributed by atoms with van der Waals surface area (Å²) in [5.74, 6) is 0. The minimum Gasteiger partial charge on any atom is -0.270 e. The first kappa shape index (κ1) is 62.1. The molecule has 0 aliphatic heterocycles. The molecule has 26 heteroatoms. The van der Waals surface area contributed by atoms with Gasteiger partial charge in [0.25, 0.3) is 60.7 Å². The number of benzene rings is 6. The Kier molecular flexibility index (Phi) is 20.7. The van der Waals surface area contributed by atoms with Crippen LogP contribution in [0.5, 0.6) is 0 Å². The zero-order valence-electron chi connectivity index (χ0n) is 42.9. The van der Waals surface area contributed by atoms with Crippen LogP contribution in [0.4, 0.5) is 0 Å². The van der Waals surface area contributed by atoms with E-state index in [9.17, 15) is 50.5 Å². The summed E-state index contributed by atoms with van der Waals surface area (Å²) in [5.41, 5.74) is 5.13. The van der Waals surface area contributed by atoms with Crippen molar-refractivity contribution in [1.29, 1.82) is 0 Å². The normalized spacial score (nSPS) is 12.9. The van der Waals surface area contributed by atoms with Gasteiger partial charge in [0.15, 0.2) is 0 Å². The Morgan fingerprint density at radius 1 is 0.237 bits per heavy atom. The van der Waals surface area contributed by atoms with Crippen molar-refractivity contribution in [3.05, 3.63) is 179 Å². The molecule has 0 aliphatic carbocycles. The summed E-state index contributed by atoms with van der Waals surface area (Å²) < 4.78 is 185. The molecule has 6 rings (SSSR count). The highest BCUT2D eigenvalue weighted by Gasteiger charge is 2.38. The van der Waals surface area contributed by atoms with Gasteiger partial charge in [-0.05, 0) is 114 Å². The second-order valence-corrected chi connectivity index (χ2v) is 37.5. The highest BCUT2D eigenvalue weighted by atomic mass is 32.2. The molecule has 0 N–H and O–H groups in total. The highest BCUT2D eigenvalue weighted by Crippen LogP contribution is 2.24. The molecule has 0 unspecified atom stereocenters. The van der Waals surface area contributed by atoms with Crippen molar-refractivity contribution < 1.29 is 75.6 Å². The van der Waals surface area contributed by atoms with Gasteiger partial charge in [-0.1, -0.05) is 119 Å². The van der Waals surface area contributed by atoms with Crippen molar-refractivity contribution >= 4 is 76.9 Å². The van der Waals surface area contributed by atoms with Gasteiger partial charge in [0.1, 0.15) is 16.1 Å². The van der Waals surface area contributed by atoms with E-state index in [-0.39, 0.29) is 29.4 Å². The van der Waals surface area contributed by atoms with Gasteiger partial charge in [-0.3, -0.25) is 25.1 Å². The third-order valence-electron chi connectivity index (χ3n) is 11.2. The van der Waals surface area contributed by atoms with Crippen LogP contribution >= 0.6 is 0 Å². The van der Waals surface area contributed by atoms with Gasteiger partial charge in [-0.15, -0.1) is 0 Å². The van der Waals surface area contributed by atoms with Gasteiger partial charge in [0.05, 0.1) is 66.8 Å². The van der Waals surface area contributed by atoms with Gasteiger partial charge < -0.3 is 0 Å². The molecular formula is C50H60O18S6Si2. The molecule has 0 saturated carbocycles. The zero-order chi connectivity index (χ0) is 56.4. The van der Waals surface area contributed by atoms with Crippen LogP contribution in [0, 0.1) is 41.5 Å². The van der Waals surface area contributed by atoms with Gasteiger partial charge in [-0.25, -0.2) is 0 Å². The SMILES string of the molecule is Cc1ccc(S(=O)(=O)OC[Si](C)(COS(=O)(=O)c2ccc(C)cc2)COS(=O)(=O)c2ccc(C)cc2)cc1.Cc1ccc(S(=O)(=O)OC[Si](C)(COS(=O)(=O)c2ccc(C)cc2)COS(=O)(=O)c2ccc(C)cc2)cc1. The number of hydrogen-bond acceptors (Lipinski definition) is 18. The van der Waals surface area contributed by atoms with Crippen LogP contribution in [-0.4, -0.2) is 104 Å². The Labute approximate surface area is 449 Å². The van der Waals surface area contributed by atoms with Crippen molar-refractivity contribution in [2.45, 2.75) is 84.0 Å². The van der Waals surface area contributed by atoms with Crippen LogP contribution in [0.1, 0.15) is 33.4 Å². The Morgan fingerprint density at radius 3 is 0.447 bits per heavy atom. The molecule has 0 saturated heterocycles. The summed E-state index contributed by atoms with van der Waals surface area (Å²) in [5, 5.41) is 0. The fourth-order valence-corrected chi connectivity index (χ4v) is 20.9. The lowest BCUT2D eigenvalue weighted by Crippen LogP contribution is -2.49. The van der Waals surface area contributed by atoms with Crippen LogP contribution in [0.2, 0.25) is 13.1 Å². The molecule has 6 aromatic rings. The number of hydrogen-bond donors (Lipinski definition) is 0. The first-order valence-corrected chi connectivity index (χ1v) is 37.7. The van der Waals surface area contributed by atoms with E-state index in [1.807, 2.05) is 0 Å². The topological polar surface area (TPSA) is 260 Å². The summed E-state index contributed by atoms with van der Waals surface area (Å²) in [6.07, 6.45) is -2.86. The second kappa shape index (κ2) is 25.3. The maximum Gasteiger partial charge on any atom is 0.296 e. The van der Waals surface area contributed by atoms with Gasteiger partial charge >= 0.3 is 0 Å². The van der Waals surface area contributed by atoms with Crippen LogP contribution < -0.4 is 0 Å². The molecule has 0 radical (unpaired) electrons. The monoisotopic (exact) mass is 1200 g/mol. The lowest BCUT2D eigenvalue weighted by atomic mass is 10.2. The maximum absolute atomic E-state index is 12.8. The molecule has 0 aromatic heterocycles. The fourth-order valence-electron chi connectivity index (χ4n) is 6.21. The van der Waals surface area contributed by atoms with Crippen LogP contribution in [-0.2, 0) is 85.8 Å². The maximum atomic E-state index is 12.8. The summed E-state index contributed by atoms with van der Waals surface area (Å²) >= 11 is 0. The second-order valence-electron chi connectivity index (χ2n) is 18.8. The molecular weight excluding hydrogens is 1140 g/mol. The largest absolute Gasteiger partial charge is 0.296 e. The van der Waals surface area contributed by atoms with Crippen molar-refractivity contribution in [3.8, 4) is 0 Å². The highest BCUT2D eigenvalue weighted by molar-refractivity contribution is 7.88. The Balaban J connectivity index is 0.000000281. The standard InChI is InChI=1S/2C25H30O9S3Si/c2*1-20-5-11-23(12-6-20)35(26,27)32-17-38(4,18-33-36(28,29)24-13-7-21(2)8-14-24)19-34-37(30,31)25-15-9-22(3)10-16-25/h2*5-16H,17-19H2,1-4H3. The molecule has 0 spiro atoms. The molecule has 76 heavy (non-hydrogen) atoms. The van der Waals surface area contributed by atoms with Gasteiger partial charge in [0, 0.05) is 0 Å². The molecule has 18 nitrogen and oxygen atoms in total. The first-order chi connectivity index (χ1) is 35.2. The van der Waals surface area contributed by atoms with Crippen molar-refractivity contribution in [2.24, 2.45) is 0 Å². The number of rotatable bonds is 24. The molecule has 0 heterocycles. The third-order valence-corrected chi connectivity index (χ3v) is 25.2. The minimum atomic E-state index is -4.21. The average Bonchev–Trinajstić information content (AvgIpc) is 3.36. The van der Waals surface area contributed by atoms with E-state index in [0.29, 0.717) is 0 Å². The van der Waals surface area contributed by atoms with Gasteiger partial charge in [-0.2, -0.15) is 50.5 Å². The smallest absolute Gasteiger partial charge is 0.270 e. The molecule has 0 bridgehead atoms. The van der Waals surface area contributed by atoms with Crippen LogP contribution in [0.15, 0.2) is 175 Å². The average molecular weight is 1200 g/mol. The lowest BCUT2D eigenvalue weighted by molar-refractivity contribution is 0.314.